The van der Waals surface area contributed by atoms with Crippen LogP contribution in [0.25, 0.3) is 0 Å². The smallest absolute Gasteiger partial charge is 0.134 e. The number of hydrogen-bond donors (Lipinski definition) is 2. The van der Waals surface area contributed by atoms with Crippen LogP contribution < -0.4 is 15.5 Å². The molecule has 0 aliphatic carbocycles. The molecular weight excluding hydrogens is 226 g/mol. The van der Waals surface area contributed by atoms with Crippen LogP contribution >= 0.6 is 0 Å². The van der Waals surface area contributed by atoms with Gasteiger partial charge in [0.1, 0.15) is 17.5 Å². The molecule has 1 atom stereocenters. The van der Waals surface area contributed by atoms with Gasteiger partial charge in [0.15, 0.2) is 0 Å². The molecule has 98 valence electrons. The number of nitrogens with zero attached hydrogens (tertiary/aromatic N) is 3. The highest BCUT2D eigenvalue weighted by atomic mass is 15.2. The quantitative estimate of drug-likeness (QED) is 0.765. The van der Waals surface area contributed by atoms with Crippen LogP contribution in [0.4, 0.5) is 11.6 Å². The zero-order valence-electron chi connectivity index (χ0n) is 11.1. The highest BCUT2D eigenvalue weighted by molar-refractivity contribution is 5.50. The second kappa shape index (κ2) is 5.82. The van der Waals surface area contributed by atoms with Gasteiger partial charge < -0.3 is 15.5 Å². The van der Waals surface area contributed by atoms with Crippen LogP contribution in [0.15, 0.2) is 18.7 Å². The summed E-state index contributed by atoms with van der Waals surface area (Å²) in [6.07, 6.45) is 2.98. The predicted molar refractivity (Wildman–Crippen MR) is 75.1 cm³/mol. The molecule has 18 heavy (non-hydrogen) atoms. The molecule has 5 heteroatoms. The third-order valence-electron chi connectivity index (χ3n) is 3.20. The average molecular weight is 247 g/mol. The normalized spacial score (nSPS) is 18.7. The van der Waals surface area contributed by atoms with Crippen molar-refractivity contribution in [2.75, 3.05) is 36.9 Å². The van der Waals surface area contributed by atoms with Gasteiger partial charge >= 0.3 is 0 Å². The van der Waals surface area contributed by atoms with Gasteiger partial charge in [-0.1, -0.05) is 6.08 Å². The Bertz CT molecular complexity index is 412. The van der Waals surface area contributed by atoms with E-state index in [1.807, 2.05) is 19.1 Å². The molecule has 1 saturated heterocycles. The first-order valence-electron chi connectivity index (χ1n) is 6.34. The van der Waals surface area contributed by atoms with E-state index in [1.165, 1.54) is 0 Å². The standard InChI is InChI=1S/C13H21N5/c1-4-6-15-12-8-13(17-10(2)16-12)18(3)11-5-7-14-9-11/h4,8,11,14H,1,5-7,9H2,2-3H3,(H,15,16,17). The number of aromatic nitrogens is 2. The van der Waals surface area contributed by atoms with Crippen LogP contribution in [-0.2, 0) is 0 Å². The van der Waals surface area contributed by atoms with Crippen molar-refractivity contribution < 1.29 is 0 Å². The van der Waals surface area contributed by atoms with Gasteiger partial charge in [0, 0.05) is 32.2 Å². The number of aryl methyl sites for hydroxylation is 1. The fraction of sp³-hybridized carbons (Fsp3) is 0.538. The highest BCUT2D eigenvalue weighted by Gasteiger charge is 2.20. The van der Waals surface area contributed by atoms with E-state index in [0.29, 0.717) is 12.6 Å². The van der Waals surface area contributed by atoms with Gasteiger partial charge in [-0.25, -0.2) is 9.97 Å². The van der Waals surface area contributed by atoms with Crippen molar-refractivity contribution in [3.63, 3.8) is 0 Å². The molecule has 5 nitrogen and oxygen atoms in total. The molecule has 2 heterocycles. The van der Waals surface area contributed by atoms with Gasteiger partial charge in [-0.05, 0) is 19.9 Å². The fourth-order valence-electron chi connectivity index (χ4n) is 2.16. The average Bonchev–Trinajstić information content (AvgIpc) is 2.88. The zero-order valence-corrected chi connectivity index (χ0v) is 11.1. The number of likely N-dealkylation sites (N-methyl/N-ethyl adjacent to an activating group) is 1. The molecule has 0 aromatic carbocycles. The van der Waals surface area contributed by atoms with E-state index in [4.69, 9.17) is 0 Å². The lowest BCUT2D eigenvalue weighted by molar-refractivity contribution is 0.675. The maximum atomic E-state index is 4.51. The summed E-state index contributed by atoms with van der Waals surface area (Å²) in [5.74, 6) is 2.62. The molecule has 1 aliphatic rings. The maximum absolute atomic E-state index is 4.51. The third kappa shape index (κ3) is 2.98. The minimum absolute atomic E-state index is 0.520. The summed E-state index contributed by atoms with van der Waals surface area (Å²) in [4.78, 5) is 11.1. The summed E-state index contributed by atoms with van der Waals surface area (Å²) < 4.78 is 0. The summed E-state index contributed by atoms with van der Waals surface area (Å²) in [7, 11) is 2.09. The van der Waals surface area contributed by atoms with Crippen molar-refractivity contribution >= 4 is 11.6 Å². The van der Waals surface area contributed by atoms with Crippen LogP contribution in [0.5, 0.6) is 0 Å². The van der Waals surface area contributed by atoms with E-state index in [2.05, 4.69) is 39.1 Å². The SMILES string of the molecule is C=CCNc1cc(N(C)C2CCNC2)nc(C)n1. The van der Waals surface area contributed by atoms with Crippen molar-refractivity contribution in [3.8, 4) is 0 Å². The van der Waals surface area contributed by atoms with E-state index in [1.54, 1.807) is 0 Å². The van der Waals surface area contributed by atoms with Crippen molar-refractivity contribution in [3.05, 3.63) is 24.5 Å². The Morgan fingerprint density at radius 3 is 3.11 bits per heavy atom. The van der Waals surface area contributed by atoms with Crippen LogP contribution in [0, 0.1) is 6.92 Å². The Labute approximate surface area is 108 Å². The molecule has 0 spiro atoms. The molecule has 0 radical (unpaired) electrons. The van der Waals surface area contributed by atoms with E-state index in [9.17, 15) is 0 Å². The molecule has 0 amide bonds. The zero-order chi connectivity index (χ0) is 13.0. The predicted octanol–water partition coefficient (Wildman–Crippen LogP) is 1.18. The minimum atomic E-state index is 0.520. The second-order valence-corrected chi connectivity index (χ2v) is 4.59. The number of nitrogens with one attached hydrogen (secondary N) is 2. The van der Waals surface area contributed by atoms with Crippen molar-refractivity contribution in [1.29, 1.82) is 0 Å². The van der Waals surface area contributed by atoms with Crippen LogP contribution in [0.3, 0.4) is 0 Å². The lowest BCUT2D eigenvalue weighted by Gasteiger charge is -2.25. The van der Waals surface area contributed by atoms with Crippen LogP contribution in [0.2, 0.25) is 0 Å². The Morgan fingerprint density at radius 2 is 2.44 bits per heavy atom. The number of hydrogen-bond acceptors (Lipinski definition) is 5. The molecule has 0 saturated carbocycles. The lowest BCUT2D eigenvalue weighted by atomic mass is 10.2. The first-order chi connectivity index (χ1) is 8.70. The first kappa shape index (κ1) is 12.8. The highest BCUT2D eigenvalue weighted by Crippen LogP contribution is 2.19. The molecule has 2 rings (SSSR count). The van der Waals surface area contributed by atoms with Crippen molar-refractivity contribution in [1.82, 2.24) is 15.3 Å². The molecule has 1 unspecified atom stereocenters. The second-order valence-electron chi connectivity index (χ2n) is 4.59. The van der Waals surface area contributed by atoms with Crippen LogP contribution in [0.1, 0.15) is 12.2 Å². The summed E-state index contributed by atoms with van der Waals surface area (Å²) in [5.41, 5.74) is 0. The van der Waals surface area contributed by atoms with Gasteiger partial charge in [-0.3, -0.25) is 0 Å². The molecule has 1 fully saturated rings. The molecule has 1 aromatic rings. The summed E-state index contributed by atoms with van der Waals surface area (Å²) in [6.45, 7) is 8.43. The third-order valence-corrected chi connectivity index (χ3v) is 3.20. The van der Waals surface area contributed by atoms with E-state index in [-0.39, 0.29) is 0 Å². The van der Waals surface area contributed by atoms with E-state index >= 15 is 0 Å². The topological polar surface area (TPSA) is 53.1 Å². The summed E-state index contributed by atoms with van der Waals surface area (Å²) >= 11 is 0. The summed E-state index contributed by atoms with van der Waals surface area (Å²) in [5, 5.41) is 6.58. The largest absolute Gasteiger partial charge is 0.366 e. The monoisotopic (exact) mass is 247 g/mol. The first-order valence-corrected chi connectivity index (χ1v) is 6.34. The lowest BCUT2D eigenvalue weighted by Crippen LogP contribution is -2.34. The van der Waals surface area contributed by atoms with E-state index in [0.717, 1.165) is 37.0 Å². The Balaban J connectivity index is 2.15. The molecule has 2 N–H and O–H groups in total. The molecule has 1 aromatic heterocycles. The van der Waals surface area contributed by atoms with Gasteiger partial charge in [-0.15, -0.1) is 6.58 Å². The molecular formula is C13H21N5. The molecule has 0 bridgehead atoms. The minimum Gasteiger partial charge on any atom is -0.366 e. The van der Waals surface area contributed by atoms with Crippen molar-refractivity contribution in [2.45, 2.75) is 19.4 Å². The Hall–Kier alpha value is -1.62. The number of rotatable bonds is 5. The van der Waals surface area contributed by atoms with Gasteiger partial charge in [0.2, 0.25) is 0 Å². The van der Waals surface area contributed by atoms with Gasteiger partial charge in [0.25, 0.3) is 0 Å². The maximum Gasteiger partial charge on any atom is 0.134 e. The van der Waals surface area contributed by atoms with E-state index < -0.39 is 0 Å². The van der Waals surface area contributed by atoms with Gasteiger partial charge in [0.05, 0.1) is 0 Å². The van der Waals surface area contributed by atoms with Crippen molar-refractivity contribution in [2.24, 2.45) is 0 Å². The molecule has 1 aliphatic heterocycles. The fourth-order valence-corrected chi connectivity index (χ4v) is 2.16. The Kier molecular flexibility index (Phi) is 4.15. The van der Waals surface area contributed by atoms with Crippen LogP contribution in [-0.4, -0.2) is 42.7 Å². The summed E-state index contributed by atoms with van der Waals surface area (Å²) in [6, 6.07) is 2.51. The number of anilines is 2. The Morgan fingerprint density at radius 1 is 1.61 bits per heavy atom. The van der Waals surface area contributed by atoms with Gasteiger partial charge in [-0.2, -0.15) is 0 Å².